The van der Waals surface area contributed by atoms with Crippen LogP contribution < -0.4 is 5.73 Å². The molecule has 0 unspecified atom stereocenters. The molecule has 1 aliphatic rings. The molecule has 3 aromatic rings. The molecule has 19 nitrogen and oxygen atoms in total. The number of primary amides is 1. The van der Waals surface area contributed by atoms with Gasteiger partial charge in [-0.1, -0.05) is 53.7 Å². The van der Waals surface area contributed by atoms with Gasteiger partial charge in [0.05, 0.1) is 30.8 Å². The Kier molecular flexibility index (Phi) is 20.7. The molecule has 1 aliphatic heterocycles. The van der Waals surface area contributed by atoms with Crippen LogP contribution in [-0.4, -0.2) is 119 Å². The van der Waals surface area contributed by atoms with E-state index in [9.17, 15) is 29.4 Å². The number of oxazole rings is 3. The molecule has 4 N–H and O–H groups in total. The van der Waals surface area contributed by atoms with Crippen molar-refractivity contribution in [2.75, 3.05) is 28.4 Å². The summed E-state index contributed by atoms with van der Waals surface area (Å²) < 4.78 is 46.0. The van der Waals surface area contributed by atoms with Gasteiger partial charge in [-0.2, -0.15) is 0 Å². The molecule has 6 bridgehead atoms. The number of ketones is 1. The monoisotopic (exact) mass is 927 g/mol. The highest BCUT2D eigenvalue weighted by molar-refractivity contribution is 5.81. The van der Waals surface area contributed by atoms with Gasteiger partial charge in [-0.25, -0.2) is 19.7 Å². The molecular weight excluding hydrogens is 859 g/mol. The molecule has 2 amide bonds. The number of carbonyl (C=O) groups is 4. The number of ether oxygens (including phenoxy) is 5. The quantitative estimate of drug-likeness (QED) is 0.102. The number of aliphatic hydroxyl groups excluding tert-OH is 2. The molecule has 4 rings (SSSR count). The van der Waals surface area contributed by atoms with E-state index in [4.69, 9.17) is 42.7 Å². The predicted molar refractivity (Wildman–Crippen MR) is 240 cm³/mol. The van der Waals surface area contributed by atoms with E-state index in [0.717, 1.165) is 0 Å². The van der Waals surface area contributed by atoms with Crippen molar-refractivity contribution in [1.29, 1.82) is 0 Å². The molecule has 366 valence electrons. The van der Waals surface area contributed by atoms with Crippen molar-refractivity contribution < 1.29 is 66.3 Å². The summed E-state index contributed by atoms with van der Waals surface area (Å²) in [7, 11) is 6.22. The SMILES string of the molecule is CO[C@H]([C@H](C)/C=C/N(C)C=O)[C@@H](C)C(=O)CC[C@H](C)[C@H](C[C@@H]1OC(=O)C[C@@H](OC(N)=O)C[C@H](C)C[C@H](O)[C@H](C)[C@@H](OC)c2coc(n2)-c2coc(n2)-c2coc(n2)C=CC[C@H](O)[C@H]1C)OC. The summed E-state index contributed by atoms with van der Waals surface area (Å²) in [6, 6.07) is 0. The van der Waals surface area contributed by atoms with Gasteiger partial charge in [0.1, 0.15) is 48.6 Å². The summed E-state index contributed by atoms with van der Waals surface area (Å²) in [5, 5.41) is 22.9. The molecule has 66 heavy (non-hydrogen) atoms. The Bertz CT molecular complexity index is 2050. The van der Waals surface area contributed by atoms with Gasteiger partial charge in [-0.05, 0) is 43.6 Å². The number of esters is 1. The minimum absolute atomic E-state index is 0.00289. The van der Waals surface area contributed by atoms with Gasteiger partial charge in [0.25, 0.3) is 0 Å². The van der Waals surface area contributed by atoms with Gasteiger partial charge in [0, 0.05) is 71.1 Å². The third-order valence-electron chi connectivity index (χ3n) is 12.5. The average Bonchev–Trinajstić information content (AvgIpc) is 4.08. The van der Waals surface area contributed by atoms with Crippen molar-refractivity contribution in [3.05, 3.63) is 48.7 Å². The molecule has 4 heterocycles. The topological polar surface area (TPSA) is 262 Å². The number of hydrogen-bond acceptors (Lipinski definition) is 17. The lowest BCUT2D eigenvalue weighted by atomic mass is 9.84. The van der Waals surface area contributed by atoms with Crippen LogP contribution in [0.1, 0.15) is 104 Å². The smallest absolute Gasteiger partial charge is 0.404 e. The fourth-order valence-corrected chi connectivity index (χ4v) is 8.39. The zero-order valence-corrected chi connectivity index (χ0v) is 39.7. The Labute approximate surface area is 386 Å². The number of hydrogen-bond donors (Lipinski definition) is 3. The lowest BCUT2D eigenvalue weighted by Gasteiger charge is -2.33. The molecule has 0 aromatic carbocycles. The van der Waals surface area contributed by atoms with E-state index in [1.807, 2.05) is 40.7 Å². The first-order valence-corrected chi connectivity index (χ1v) is 22.4. The number of nitrogens with zero attached hydrogens (tertiary/aromatic N) is 4. The molecule has 0 fully saturated rings. The fraction of sp³-hybridized carbons (Fsp3) is 0.638. The number of aliphatic hydroxyl groups is 2. The zero-order chi connectivity index (χ0) is 48.7. The zero-order valence-electron chi connectivity index (χ0n) is 39.7. The van der Waals surface area contributed by atoms with Crippen molar-refractivity contribution in [3.8, 4) is 23.2 Å². The van der Waals surface area contributed by atoms with Crippen molar-refractivity contribution in [3.63, 3.8) is 0 Å². The number of cyclic esters (lactones) is 1. The summed E-state index contributed by atoms with van der Waals surface area (Å²) >= 11 is 0. The molecule has 13 atom stereocenters. The largest absolute Gasteiger partial charge is 0.462 e. The second-order valence-corrected chi connectivity index (χ2v) is 17.7. The highest BCUT2D eigenvalue weighted by atomic mass is 16.6. The first-order chi connectivity index (χ1) is 31.4. The Balaban J connectivity index is 1.58. The van der Waals surface area contributed by atoms with Crippen LogP contribution in [0.5, 0.6) is 0 Å². The number of fused-ring (bicyclic) bond motifs is 8. The second-order valence-electron chi connectivity index (χ2n) is 17.7. The number of rotatable bonds is 16. The summed E-state index contributed by atoms with van der Waals surface area (Å²) in [6.45, 7) is 11.1. The van der Waals surface area contributed by atoms with Crippen LogP contribution in [-0.2, 0) is 38.1 Å². The van der Waals surface area contributed by atoms with E-state index in [2.05, 4.69) is 15.0 Å². The average molecular weight is 928 g/mol. The Morgan fingerprint density at radius 3 is 2.29 bits per heavy atom. The first kappa shape index (κ1) is 53.4. The first-order valence-electron chi connectivity index (χ1n) is 22.4. The Morgan fingerprint density at radius 1 is 0.939 bits per heavy atom. The molecule has 0 radical (unpaired) electrons. The van der Waals surface area contributed by atoms with Crippen molar-refractivity contribution >= 4 is 30.3 Å². The molecule has 0 saturated carbocycles. The minimum atomic E-state index is -1.07. The van der Waals surface area contributed by atoms with Gasteiger partial charge in [-0.15, -0.1) is 0 Å². The van der Waals surface area contributed by atoms with E-state index < -0.39 is 72.5 Å². The van der Waals surface area contributed by atoms with Crippen LogP contribution in [0.25, 0.3) is 29.2 Å². The minimum Gasteiger partial charge on any atom is -0.462 e. The molecule has 0 aliphatic carbocycles. The number of methoxy groups -OCH3 is 3. The summed E-state index contributed by atoms with van der Waals surface area (Å²) in [5.74, 6) is -2.37. The number of aromatic nitrogens is 3. The van der Waals surface area contributed by atoms with Gasteiger partial charge in [0.2, 0.25) is 24.1 Å². The van der Waals surface area contributed by atoms with E-state index in [1.165, 1.54) is 30.8 Å². The molecule has 19 heteroatoms. The van der Waals surface area contributed by atoms with Crippen LogP contribution in [0.3, 0.4) is 0 Å². The van der Waals surface area contributed by atoms with Crippen LogP contribution in [0.4, 0.5) is 4.79 Å². The fourth-order valence-electron chi connectivity index (χ4n) is 8.39. The maximum Gasteiger partial charge on any atom is 0.404 e. The van der Waals surface area contributed by atoms with Crippen molar-refractivity contribution in [1.82, 2.24) is 19.9 Å². The van der Waals surface area contributed by atoms with E-state index >= 15 is 0 Å². The summed E-state index contributed by atoms with van der Waals surface area (Å²) in [6.07, 6.45) is 6.09. The van der Waals surface area contributed by atoms with Crippen LogP contribution in [0.15, 0.2) is 50.4 Å². The highest BCUT2D eigenvalue weighted by Crippen LogP contribution is 2.34. The molecule has 0 saturated heterocycles. The maximum absolute atomic E-state index is 13.8. The normalized spacial score (nSPS) is 26.0. The van der Waals surface area contributed by atoms with Crippen LogP contribution in [0.2, 0.25) is 0 Å². The van der Waals surface area contributed by atoms with Crippen molar-refractivity contribution in [2.45, 2.75) is 129 Å². The van der Waals surface area contributed by atoms with E-state index in [0.29, 0.717) is 29.9 Å². The predicted octanol–water partition coefficient (Wildman–Crippen LogP) is 6.54. The van der Waals surface area contributed by atoms with E-state index in [-0.39, 0.29) is 79.7 Å². The molecule has 3 aromatic heterocycles. The lowest BCUT2D eigenvalue weighted by molar-refractivity contribution is -0.159. The third kappa shape index (κ3) is 15.2. The van der Waals surface area contributed by atoms with Crippen molar-refractivity contribution in [2.24, 2.45) is 41.2 Å². The number of nitrogens with two attached hydrogens (primary N) is 1. The lowest BCUT2D eigenvalue weighted by Crippen LogP contribution is -2.39. The number of carbonyl (C=O) groups excluding carboxylic acids is 4. The van der Waals surface area contributed by atoms with Crippen LogP contribution in [0, 0.1) is 35.5 Å². The second kappa shape index (κ2) is 25.6. The summed E-state index contributed by atoms with van der Waals surface area (Å²) in [4.78, 5) is 65.4. The number of Topliss-reactive ketones (excluding diaryl/α,β-unsaturated/α-hetero) is 1. The third-order valence-corrected chi connectivity index (χ3v) is 12.5. The Hall–Kier alpha value is -5.21. The van der Waals surface area contributed by atoms with Crippen LogP contribution >= 0.6 is 0 Å². The Morgan fingerprint density at radius 2 is 1.62 bits per heavy atom. The maximum atomic E-state index is 13.8. The highest BCUT2D eigenvalue weighted by Gasteiger charge is 2.35. The molecule has 0 spiro atoms. The summed E-state index contributed by atoms with van der Waals surface area (Å²) in [5.41, 5.74) is 6.48. The molecular formula is C47H69N5O14. The standard InChI is InChI=1S/C47H69N5O14/c1-26-18-32(65-47(48)58)20-42(57)66-40(21-39(59-8)27(2)14-15-37(55)30(5)43(60-9)28(3)16-17-52(7)25-53)29(4)36(54)12-11-13-41-49-34(23-62-41)45-51-35(24-64-45)46-50-33(22-63-46)44(61-10)31(6)38(56)19-26/h11,13,16-17,22-32,36,38-40,43-44,54,56H,12,14-15,18-21H2,1-10H3,(H2,48,58)/b13-11?,17-16+/t26-,27-,28+,29+,30-,31-,32-,36-,38-,39-,40-,43+,44+/m0/s1. The van der Waals surface area contributed by atoms with Gasteiger partial charge < -0.3 is 57.8 Å². The number of amides is 2. The van der Waals surface area contributed by atoms with E-state index in [1.54, 1.807) is 46.5 Å². The van der Waals surface area contributed by atoms with Gasteiger partial charge in [-0.3, -0.25) is 14.4 Å². The van der Waals surface area contributed by atoms with Gasteiger partial charge in [0.15, 0.2) is 11.4 Å². The van der Waals surface area contributed by atoms with Gasteiger partial charge >= 0.3 is 12.1 Å².